The fourth-order valence-electron chi connectivity index (χ4n) is 0.515. The molecular weight excluding hydrogens is 164 g/mol. The second kappa shape index (κ2) is 5.32. The topological polar surface area (TPSA) is 43.4 Å². The maximum Gasteiger partial charge on any atom is 0.264 e. The van der Waals surface area contributed by atoms with Gasteiger partial charge in [-0.1, -0.05) is 25.5 Å². The van der Waals surface area contributed by atoms with Crippen LogP contribution in [0.15, 0.2) is 12.2 Å². The highest BCUT2D eigenvalue weighted by Gasteiger charge is 1.96. The zero-order chi connectivity index (χ0) is 8.74. The minimum absolute atomic E-state index is 0.152. The Bertz CT molecular complexity index is 204. The van der Waals surface area contributed by atoms with Gasteiger partial charge in [0.15, 0.2) is 0 Å². The molecule has 0 bridgehead atoms. The van der Waals surface area contributed by atoms with E-state index in [0.29, 0.717) is 0 Å². The lowest BCUT2D eigenvalue weighted by molar-refractivity contribution is 0.361. The highest BCUT2D eigenvalue weighted by atomic mass is 32.2. The second-order valence-corrected chi connectivity index (χ2v) is 3.89. The van der Waals surface area contributed by atoms with E-state index in [1.54, 1.807) is 6.08 Å². The molecule has 0 unspecified atom stereocenters. The quantitative estimate of drug-likeness (QED) is 0.471. The third-order valence-corrected chi connectivity index (χ3v) is 1.56. The van der Waals surface area contributed by atoms with E-state index in [1.165, 1.54) is 0 Å². The zero-order valence-electron chi connectivity index (χ0n) is 6.91. The Morgan fingerprint density at radius 1 is 1.36 bits per heavy atom. The predicted octanol–water partition coefficient (Wildman–Crippen LogP) is 1.32. The number of hydrogen-bond acceptors (Lipinski definition) is 3. The van der Waals surface area contributed by atoms with Gasteiger partial charge in [-0.3, -0.25) is 4.18 Å². The molecule has 0 aliphatic carbocycles. The van der Waals surface area contributed by atoms with E-state index in [-0.39, 0.29) is 6.61 Å². The standard InChI is InChI=1S/C7H14O3S/c1-3-4-5-6-7-10-11(2,8)9/h5-6H,3-4,7H2,1-2H3/b6-5-. The van der Waals surface area contributed by atoms with Crippen molar-refractivity contribution in [1.29, 1.82) is 0 Å². The molecule has 0 saturated carbocycles. The van der Waals surface area contributed by atoms with Crippen LogP contribution in [0.1, 0.15) is 19.8 Å². The monoisotopic (exact) mass is 178 g/mol. The molecule has 4 heteroatoms. The van der Waals surface area contributed by atoms with Crippen LogP contribution >= 0.6 is 0 Å². The Balaban J connectivity index is 3.42. The van der Waals surface area contributed by atoms with Crippen molar-refractivity contribution in [1.82, 2.24) is 0 Å². The van der Waals surface area contributed by atoms with Crippen LogP contribution in [-0.2, 0) is 14.3 Å². The normalized spacial score (nSPS) is 12.5. The van der Waals surface area contributed by atoms with Crippen LogP contribution in [0.4, 0.5) is 0 Å². The number of hydrogen-bond donors (Lipinski definition) is 0. The lowest BCUT2D eigenvalue weighted by Crippen LogP contribution is -2.01. The molecule has 0 heterocycles. The van der Waals surface area contributed by atoms with Crippen LogP contribution in [0.5, 0.6) is 0 Å². The van der Waals surface area contributed by atoms with Crippen LogP contribution in [0.2, 0.25) is 0 Å². The van der Waals surface area contributed by atoms with Crippen molar-refractivity contribution in [3.8, 4) is 0 Å². The summed E-state index contributed by atoms with van der Waals surface area (Å²) in [6.07, 6.45) is 6.69. The van der Waals surface area contributed by atoms with Gasteiger partial charge in [0.1, 0.15) is 0 Å². The predicted molar refractivity (Wildman–Crippen MR) is 44.8 cm³/mol. The average Bonchev–Trinajstić information content (AvgIpc) is 1.85. The van der Waals surface area contributed by atoms with Gasteiger partial charge in [0.25, 0.3) is 10.1 Å². The van der Waals surface area contributed by atoms with E-state index in [4.69, 9.17) is 0 Å². The van der Waals surface area contributed by atoms with Crippen molar-refractivity contribution in [2.45, 2.75) is 19.8 Å². The SMILES string of the molecule is CCC/C=C\COS(C)(=O)=O. The lowest BCUT2D eigenvalue weighted by atomic mass is 10.3. The molecule has 0 aliphatic rings. The maximum absolute atomic E-state index is 10.4. The molecule has 0 spiro atoms. The molecule has 0 atom stereocenters. The Kier molecular flexibility index (Phi) is 5.15. The molecule has 0 saturated heterocycles. The second-order valence-electron chi connectivity index (χ2n) is 2.25. The third kappa shape index (κ3) is 9.65. The van der Waals surface area contributed by atoms with Crippen molar-refractivity contribution in [3.05, 3.63) is 12.2 Å². The van der Waals surface area contributed by atoms with Crippen molar-refractivity contribution in [2.24, 2.45) is 0 Å². The van der Waals surface area contributed by atoms with E-state index < -0.39 is 10.1 Å². The van der Waals surface area contributed by atoms with Crippen LogP contribution in [0.25, 0.3) is 0 Å². The molecule has 0 aromatic rings. The van der Waals surface area contributed by atoms with Crippen molar-refractivity contribution in [2.75, 3.05) is 12.9 Å². The molecule has 0 aromatic carbocycles. The third-order valence-electron chi connectivity index (χ3n) is 1.00. The summed E-state index contributed by atoms with van der Waals surface area (Å²) in [7, 11) is -3.26. The summed E-state index contributed by atoms with van der Waals surface area (Å²) in [6.45, 7) is 2.21. The Morgan fingerprint density at radius 2 is 2.00 bits per heavy atom. The first-order valence-electron chi connectivity index (χ1n) is 3.55. The molecule has 0 aliphatic heterocycles. The van der Waals surface area contributed by atoms with Crippen LogP contribution in [0.3, 0.4) is 0 Å². The van der Waals surface area contributed by atoms with Gasteiger partial charge in [-0.2, -0.15) is 8.42 Å². The highest BCUT2D eigenvalue weighted by Crippen LogP contribution is 1.90. The summed E-state index contributed by atoms with van der Waals surface area (Å²) in [6, 6.07) is 0. The van der Waals surface area contributed by atoms with Crippen molar-refractivity contribution < 1.29 is 12.6 Å². The smallest absolute Gasteiger partial charge is 0.264 e. The molecule has 0 rings (SSSR count). The van der Waals surface area contributed by atoms with Gasteiger partial charge in [-0.25, -0.2) is 0 Å². The summed E-state index contributed by atoms with van der Waals surface area (Å²) in [5, 5.41) is 0. The summed E-state index contributed by atoms with van der Waals surface area (Å²) >= 11 is 0. The Morgan fingerprint density at radius 3 is 2.45 bits per heavy atom. The molecular formula is C7H14O3S. The van der Waals surface area contributed by atoms with E-state index >= 15 is 0 Å². The first-order valence-corrected chi connectivity index (χ1v) is 5.37. The van der Waals surface area contributed by atoms with Crippen molar-refractivity contribution in [3.63, 3.8) is 0 Å². The Hall–Kier alpha value is -0.350. The summed E-state index contributed by atoms with van der Waals surface area (Å²) < 4.78 is 25.3. The molecule has 0 aromatic heterocycles. The lowest BCUT2D eigenvalue weighted by Gasteiger charge is -1.93. The number of rotatable bonds is 5. The van der Waals surface area contributed by atoms with Crippen LogP contribution < -0.4 is 0 Å². The average molecular weight is 178 g/mol. The minimum Gasteiger partial charge on any atom is -0.266 e. The van der Waals surface area contributed by atoms with Crippen molar-refractivity contribution >= 4 is 10.1 Å². The zero-order valence-corrected chi connectivity index (χ0v) is 7.73. The van der Waals surface area contributed by atoms with Gasteiger partial charge in [0.2, 0.25) is 0 Å². The first-order chi connectivity index (χ1) is 5.06. The van der Waals surface area contributed by atoms with Gasteiger partial charge in [-0.15, -0.1) is 0 Å². The Labute approximate surface area is 68.2 Å². The molecule has 66 valence electrons. The first kappa shape index (κ1) is 10.7. The van der Waals surface area contributed by atoms with E-state index in [1.807, 2.05) is 6.08 Å². The summed E-state index contributed by atoms with van der Waals surface area (Å²) in [5.41, 5.74) is 0. The number of allylic oxidation sites excluding steroid dienone is 1. The van der Waals surface area contributed by atoms with Gasteiger partial charge >= 0.3 is 0 Å². The summed E-state index contributed by atoms with van der Waals surface area (Å²) in [5.74, 6) is 0. The molecule has 3 nitrogen and oxygen atoms in total. The molecule has 0 amide bonds. The maximum atomic E-state index is 10.4. The fraction of sp³-hybridized carbons (Fsp3) is 0.714. The van der Waals surface area contributed by atoms with E-state index in [2.05, 4.69) is 11.1 Å². The molecule has 11 heavy (non-hydrogen) atoms. The molecule has 0 radical (unpaired) electrons. The summed E-state index contributed by atoms with van der Waals surface area (Å²) in [4.78, 5) is 0. The largest absolute Gasteiger partial charge is 0.266 e. The molecule has 0 fully saturated rings. The van der Waals surface area contributed by atoms with Gasteiger partial charge in [0.05, 0.1) is 12.9 Å². The van der Waals surface area contributed by atoms with E-state index in [9.17, 15) is 8.42 Å². The number of unbranched alkanes of at least 4 members (excludes halogenated alkanes) is 1. The molecule has 0 N–H and O–H groups in total. The van der Waals surface area contributed by atoms with Crippen LogP contribution in [0, 0.1) is 0 Å². The minimum atomic E-state index is -3.26. The van der Waals surface area contributed by atoms with Gasteiger partial charge in [-0.05, 0) is 6.42 Å². The van der Waals surface area contributed by atoms with Crippen LogP contribution in [-0.4, -0.2) is 21.3 Å². The fourth-order valence-corrected chi connectivity index (χ4v) is 0.841. The van der Waals surface area contributed by atoms with E-state index in [0.717, 1.165) is 19.1 Å². The van der Waals surface area contributed by atoms with Gasteiger partial charge in [0, 0.05) is 0 Å². The van der Waals surface area contributed by atoms with Gasteiger partial charge < -0.3 is 0 Å². The highest BCUT2D eigenvalue weighted by molar-refractivity contribution is 7.85.